The average Bonchev–Trinajstić information content (AvgIpc) is 2.52. The normalized spacial score (nSPS) is 11.2. The van der Waals surface area contributed by atoms with Gasteiger partial charge >= 0.3 is 5.97 Å². The van der Waals surface area contributed by atoms with Crippen molar-refractivity contribution in [1.82, 2.24) is 5.32 Å². The fourth-order valence-electron chi connectivity index (χ4n) is 1.86. The van der Waals surface area contributed by atoms with E-state index in [0.717, 1.165) is 18.5 Å². The number of nitrogens with zero attached hydrogens (tertiary/aromatic N) is 1. The number of carbonyl (C=O) groups is 1. The summed E-state index contributed by atoms with van der Waals surface area (Å²) in [5.74, 6) is 0.127. The topological polar surface area (TPSA) is 76.7 Å². The molecule has 1 aromatic rings. The van der Waals surface area contributed by atoms with E-state index in [4.69, 9.17) is 5.73 Å². The zero-order chi connectivity index (χ0) is 15.5. The predicted octanol–water partition coefficient (Wildman–Crippen LogP) is 2.46. The van der Waals surface area contributed by atoms with E-state index in [0.29, 0.717) is 18.1 Å². The average molecular weight is 291 g/mol. The van der Waals surface area contributed by atoms with Gasteiger partial charge in [0, 0.05) is 6.54 Å². The van der Waals surface area contributed by atoms with Gasteiger partial charge in [-0.2, -0.15) is 0 Å². The summed E-state index contributed by atoms with van der Waals surface area (Å²) in [6.45, 7) is 3.54. The molecule has 0 fully saturated rings. The van der Waals surface area contributed by atoms with Crippen molar-refractivity contribution in [2.75, 3.05) is 13.7 Å². The summed E-state index contributed by atoms with van der Waals surface area (Å²) in [5, 5.41) is 3.10. The van der Waals surface area contributed by atoms with Gasteiger partial charge < -0.3 is 15.8 Å². The van der Waals surface area contributed by atoms with Crippen LogP contribution in [0.25, 0.3) is 0 Å². The SMILES string of the molecule is CCCCCCNC(N)=NCc1ccc(C(=O)OC)cc1. The van der Waals surface area contributed by atoms with Gasteiger partial charge in [0.1, 0.15) is 0 Å². The highest BCUT2D eigenvalue weighted by Gasteiger charge is 2.03. The van der Waals surface area contributed by atoms with Crippen LogP contribution in [0.1, 0.15) is 48.5 Å². The van der Waals surface area contributed by atoms with Crippen LogP contribution in [0.5, 0.6) is 0 Å². The van der Waals surface area contributed by atoms with Crippen LogP contribution in [0.2, 0.25) is 0 Å². The van der Waals surface area contributed by atoms with Gasteiger partial charge in [0.15, 0.2) is 5.96 Å². The fraction of sp³-hybridized carbons (Fsp3) is 0.500. The molecule has 0 aliphatic rings. The first-order valence-corrected chi connectivity index (χ1v) is 7.38. The van der Waals surface area contributed by atoms with E-state index in [1.165, 1.54) is 26.4 Å². The molecular weight excluding hydrogens is 266 g/mol. The minimum atomic E-state index is -0.335. The molecule has 5 heteroatoms. The molecule has 0 aliphatic heterocycles. The van der Waals surface area contributed by atoms with Crippen molar-refractivity contribution in [2.24, 2.45) is 10.7 Å². The van der Waals surface area contributed by atoms with Crippen LogP contribution in [0.15, 0.2) is 29.3 Å². The number of nitrogens with one attached hydrogen (secondary N) is 1. The van der Waals surface area contributed by atoms with Crippen molar-refractivity contribution in [3.05, 3.63) is 35.4 Å². The Morgan fingerprint density at radius 1 is 1.24 bits per heavy atom. The number of hydrogen-bond acceptors (Lipinski definition) is 3. The molecule has 0 aliphatic carbocycles. The molecule has 0 atom stereocenters. The molecule has 0 aromatic heterocycles. The number of esters is 1. The van der Waals surface area contributed by atoms with Crippen molar-refractivity contribution in [3.8, 4) is 0 Å². The molecule has 0 saturated carbocycles. The second kappa shape index (κ2) is 9.80. The number of benzene rings is 1. The number of nitrogens with two attached hydrogens (primary N) is 1. The second-order valence-electron chi connectivity index (χ2n) is 4.88. The summed E-state index contributed by atoms with van der Waals surface area (Å²) in [4.78, 5) is 15.6. The zero-order valence-corrected chi connectivity index (χ0v) is 12.9. The maximum atomic E-state index is 11.3. The van der Waals surface area contributed by atoms with Crippen LogP contribution in [0.4, 0.5) is 0 Å². The van der Waals surface area contributed by atoms with Gasteiger partial charge in [-0.3, -0.25) is 0 Å². The summed E-state index contributed by atoms with van der Waals surface area (Å²) in [7, 11) is 1.37. The lowest BCUT2D eigenvalue weighted by atomic mass is 10.1. The molecule has 0 amide bonds. The lowest BCUT2D eigenvalue weighted by Crippen LogP contribution is -2.32. The smallest absolute Gasteiger partial charge is 0.337 e. The number of carbonyl (C=O) groups excluding carboxylic acids is 1. The maximum Gasteiger partial charge on any atom is 0.337 e. The van der Waals surface area contributed by atoms with Crippen LogP contribution >= 0.6 is 0 Å². The third-order valence-electron chi connectivity index (χ3n) is 3.14. The van der Waals surface area contributed by atoms with Crippen molar-refractivity contribution in [3.63, 3.8) is 0 Å². The Balaban J connectivity index is 2.35. The van der Waals surface area contributed by atoms with Crippen molar-refractivity contribution in [1.29, 1.82) is 0 Å². The fourth-order valence-corrected chi connectivity index (χ4v) is 1.86. The van der Waals surface area contributed by atoms with Crippen LogP contribution in [0.3, 0.4) is 0 Å². The number of aliphatic imine (C=N–C) groups is 1. The van der Waals surface area contributed by atoms with E-state index in [2.05, 4.69) is 22.0 Å². The molecule has 3 N–H and O–H groups in total. The van der Waals surface area contributed by atoms with E-state index >= 15 is 0 Å². The molecular formula is C16H25N3O2. The van der Waals surface area contributed by atoms with Crippen LogP contribution in [-0.2, 0) is 11.3 Å². The highest BCUT2D eigenvalue weighted by molar-refractivity contribution is 5.89. The minimum Gasteiger partial charge on any atom is -0.465 e. The van der Waals surface area contributed by atoms with Crippen molar-refractivity contribution >= 4 is 11.9 Å². The van der Waals surface area contributed by atoms with E-state index in [1.54, 1.807) is 12.1 Å². The quantitative estimate of drug-likeness (QED) is 0.334. The number of guanidine groups is 1. The van der Waals surface area contributed by atoms with Gasteiger partial charge in [-0.05, 0) is 24.1 Å². The second-order valence-corrected chi connectivity index (χ2v) is 4.88. The maximum absolute atomic E-state index is 11.3. The van der Waals surface area contributed by atoms with E-state index < -0.39 is 0 Å². The molecule has 0 saturated heterocycles. The third kappa shape index (κ3) is 6.79. The Bertz CT molecular complexity index is 455. The van der Waals surface area contributed by atoms with Crippen molar-refractivity contribution < 1.29 is 9.53 Å². The van der Waals surface area contributed by atoms with E-state index in [9.17, 15) is 4.79 Å². The van der Waals surface area contributed by atoms with E-state index in [1.807, 2.05) is 12.1 Å². The summed E-state index contributed by atoms with van der Waals surface area (Å²) in [6, 6.07) is 7.16. The van der Waals surface area contributed by atoms with Gasteiger partial charge in [0.05, 0.1) is 19.2 Å². The number of unbranched alkanes of at least 4 members (excludes halogenated alkanes) is 3. The molecule has 0 radical (unpaired) electrons. The minimum absolute atomic E-state index is 0.335. The first-order valence-electron chi connectivity index (χ1n) is 7.38. The summed E-state index contributed by atoms with van der Waals surface area (Å²) < 4.78 is 4.65. The van der Waals surface area contributed by atoms with Gasteiger partial charge in [-0.25, -0.2) is 9.79 Å². The Morgan fingerprint density at radius 2 is 1.95 bits per heavy atom. The highest BCUT2D eigenvalue weighted by Crippen LogP contribution is 2.06. The van der Waals surface area contributed by atoms with E-state index in [-0.39, 0.29) is 5.97 Å². The summed E-state index contributed by atoms with van der Waals surface area (Å²) in [5.41, 5.74) is 7.33. The van der Waals surface area contributed by atoms with Crippen molar-refractivity contribution in [2.45, 2.75) is 39.2 Å². The Morgan fingerprint density at radius 3 is 2.57 bits per heavy atom. The lowest BCUT2D eigenvalue weighted by Gasteiger charge is -2.05. The molecule has 0 heterocycles. The lowest BCUT2D eigenvalue weighted by molar-refractivity contribution is 0.0600. The molecule has 0 unspecified atom stereocenters. The zero-order valence-electron chi connectivity index (χ0n) is 12.9. The summed E-state index contributed by atoms with van der Waals surface area (Å²) in [6.07, 6.45) is 4.81. The predicted molar refractivity (Wildman–Crippen MR) is 85.3 cm³/mol. The Hall–Kier alpha value is -2.04. The number of ether oxygens (including phenoxy) is 1. The molecule has 0 bridgehead atoms. The first-order chi connectivity index (χ1) is 10.2. The number of rotatable bonds is 8. The van der Waals surface area contributed by atoms with Crippen LogP contribution in [0, 0.1) is 0 Å². The Labute approximate surface area is 126 Å². The van der Waals surface area contributed by atoms with Crippen LogP contribution in [-0.4, -0.2) is 25.6 Å². The molecule has 5 nitrogen and oxygen atoms in total. The largest absolute Gasteiger partial charge is 0.465 e. The van der Waals surface area contributed by atoms with Gasteiger partial charge in [-0.15, -0.1) is 0 Å². The Kier molecular flexibility index (Phi) is 7.94. The molecule has 21 heavy (non-hydrogen) atoms. The first kappa shape index (κ1) is 17.0. The monoisotopic (exact) mass is 291 g/mol. The standard InChI is InChI=1S/C16H25N3O2/c1-3-4-5-6-11-18-16(17)19-12-13-7-9-14(10-8-13)15(20)21-2/h7-10H,3-6,11-12H2,1-2H3,(H3,17,18,19). The third-order valence-corrected chi connectivity index (χ3v) is 3.14. The highest BCUT2D eigenvalue weighted by atomic mass is 16.5. The number of methoxy groups -OCH3 is 1. The number of hydrogen-bond donors (Lipinski definition) is 2. The van der Waals surface area contributed by atoms with Crippen LogP contribution < -0.4 is 11.1 Å². The molecule has 0 spiro atoms. The van der Waals surface area contributed by atoms with Gasteiger partial charge in [-0.1, -0.05) is 38.3 Å². The molecule has 1 aromatic carbocycles. The molecule has 116 valence electrons. The molecule has 1 rings (SSSR count). The van der Waals surface area contributed by atoms with Gasteiger partial charge in [0.2, 0.25) is 0 Å². The van der Waals surface area contributed by atoms with Gasteiger partial charge in [0.25, 0.3) is 0 Å². The summed E-state index contributed by atoms with van der Waals surface area (Å²) >= 11 is 0.